The molecule has 0 radical (unpaired) electrons. The van der Waals surface area contributed by atoms with Crippen LogP contribution in [0, 0.1) is 5.82 Å². The van der Waals surface area contributed by atoms with E-state index in [2.05, 4.69) is 19.9 Å². The fourth-order valence-electron chi connectivity index (χ4n) is 4.13. The number of halogens is 3. The van der Waals surface area contributed by atoms with Crippen LogP contribution in [0.3, 0.4) is 0 Å². The molecule has 0 spiro atoms. The number of ether oxygens (including phenoxy) is 1. The van der Waals surface area contributed by atoms with E-state index < -0.39 is 28.3 Å². The van der Waals surface area contributed by atoms with Crippen molar-refractivity contribution in [1.82, 2.24) is 15.2 Å². The SMILES string of the molecule is COc1cc2c(cnc3n[nH]c(C4CC4)c32)cc1-c1c(F)ccc(NS(=O)(=O)CCCF)c1Cl. The van der Waals surface area contributed by atoms with Crippen molar-refractivity contribution < 1.29 is 21.9 Å². The van der Waals surface area contributed by atoms with E-state index in [9.17, 15) is 12.8 Å². The van der Waals surface area contributed by atoms with Crippen LogP contribution in [0.25, 0.3) is 32.9 Å². The second-order valence-corrected chi connectivity index (χ2v) is 10.5. The zero-order valence-corrected chi connectivity index (χ0v) is 19.7. The Morgan fingerprint density at radius 1 is 1.29 bits per heavy atom. The first-order chi connectivity index (χ1) is 16.3. The second-order valence-electron chi connectivity index (χ2n) is 8.26. The maximum Gasteiger partial charge on any atom is 0.232 e. The number of hydrogen-bond acceptors (Lipinski definition) is 5. The van der Waals surface area contributed by atoms with Gasteiger partial charge in [-0.2, -0.15) is 5.10 Å². The van der Waals surface area contributed by atoms with E-state index in [0.29, 0.717) is 22.9 Å². The number of rotatable bonds is 8. The molecule has 5 rings (SSSR count). The number of anilines is 1. The molecular weight excluding hydrogens is 486 g/mol. The highest BCUT2D eigenvalue weighted by Gasteiger charge is 2.29. The Balaban J connectivity index is 1.67. The monoisotopic (exact) mass is 506 g/mol. The fourth-order valence-corrected chi connectivity index (χ4v) is 5.58. The van der Waals surface area contributed by atoms with E-state index in [-0.39, 0.29) is 22.7 Å². The summed E-state index contributed by atoms with van der Waals surface area (Å²) >= 11 is 6.49. The van der Waals surface area contributed by atoms with Gasteiger partial charge in [-0.05, 0) is 48.9 Å². The third-order valence-electron chi connectivity index (χ3n) is 5.90. The van der Waals surface area contributed by atoms with E-state index in [0.717, 1.165) is 40.8 Å². The Kier molecular flexibility index (Phi) is 5.81. The third kappa shape index (κ3) is 4.05. The molecule has 2 aromatic heterocycles. The van der Waals surface area contributed by atoms with Crippen LogP contribution in [0.1, 0.15) is 30.9 Å². The Bertz CT molecular complexity index is 1520. The number of methoxy groups -OCH3 is 1. The van der Waals surface area contributed by atoms with Gasteiger partial charge in [0.05, 0.1) is 35.6 Å². The van der Waals surface area contributed by atoms with Crippen molar-refractivity contribution in [3.05, 3.63) is 47.0 Å². The van der Waals surface area contributed by atoms with Gasteiger partial charge in [0.1, 0.15) is 11.6 Å². The number of pyridine rings is 1. The fraction of sp³-hybridized carbons (Fsp3) is 0.304. The molecule has 1 saturated carbocycles. The minimum Gasteiger partial charge on any atom is -0.496 e. The van der Waals surface area contributed by atoms with Crippen molar-refractivity contribution in [3.8, 4) is 16.9 Å². The summed E-state index contributed by atoms with van der Waals surface area (Å²) in [5.41, 5.74) is 1.95. The van der Waals surface area contributed by atoms with Crippen LogP contribution in [-0.2, 0) is 10.0 Å². The molecule has 1 aliphatic rings. The highest BCUT2D eigenvalue weighted by atomic mass is 35.5. The van der Waals surface area contributed by atoms with Crippen molar-refractivity contribution in [1.29, 1.82) is 0 Å². The summed E-state index contributed by atoms with van der Waals surface area (Å²) in [7, 11) is -2.39. The topological polar surface area (TPSA) is 97.0 Å². The molecular formula is C23H21ClF2N4O3S. The number of aromatic nitrogens is 3. The number of H-pyrrole nitrogens is 1. The standard InChI is InChI=1S/C23H21ClF2N4O3S/c1-33-18-10-14-13(11-27-23-20(14)22(28-29-23)12-3-4-12)9-15(18)19-16(26)5-6-17(21(19)24)30-34(31,32)8-2-7-25/h5-6,9-12,30H,2-4,7-8H2,1H3,(H,27,28,29). The van der Waals surface area contributed by atoms with Crippen molar-refractivity contribution in [3.63, 3.8) is 0 Å². The molecule has 2 N–H and O–H groups in total. The van der Waals surface area contributed by atoms with E-state index in [1.807, 2.05) is 0 Å². The van der Waals surface area contributed by atoms with Crippen molar-refractivity contribution in [2.24, 2.45) is 0 Å². The average molecular weight is 507 g/mol. The zero-order valence-electron chi connectivity index (χ0n) is 18.2. The number of hydrogen-bond donors (Lipinski definition) is 2. The Hall–Kier alpha value is -2.98. The molecule has 2 aromatic carbocycles. The molecule has 0 amide bonds. The number of sulfonamides is 1. The Labute approximate surface area is 199 Å². The molecule has 0 saturated heterocycles. The molecule has 178 valence electrons. The average Bonchev–Trinajstić information content (AvgIpc) is 3.57. The quantitative estimate of drug-likeness (QED) is 0.326. The van der Waals surface area contributed by atoms with Crippen LogP contribution < -0.4 is 9.46 Å². The first kappa shape index (κ1) is 22.8. The van der Waals surface area contributed by atoms with Gasteiger partial charge >= 0.3 is 0 Å². The molecule has 0 aliphatic heterocycles. The van der Waals surface area contributed by atoms with Gasteiger partial charge in [0.25, 0.3) is 0 Å². The highest BCUT2D eigenvalue weighted by molar-refractivity contribution is 7.92. The van der Waals surface area contributed by atoms with Gasteiger partial charge in [-0.3, -0.25) is 14.2 Å². The van der Waals surface area contributed by atoms with Gasteiger partial charge in [-0.15, -0.1) is 0 Å². The highest BCUT2D eigenvalue weighted by Crippen LogP contribution is 2.46. The lowest BCUT2D eigenvalue weighted by Gasteiger charge is -2.16. The largest absolute Gasteiger partial charge is 0.496 e. The molecule has 0 atom stereocenters. The zero-order chi connectivity index (χ0) is 24.0. The van der Waals surface area contributed by atoms with Gasteiger partial charge in [0.15, 0.2) is 5.65 Å². The van der Waals surface area contributed by atoms with Gasteiger partial charge in [-0.1, -0.05) is 11.6 Å². The summed E-state index contributed by atoms with van der Waals surface area (Å²) in [6.45, 7) is -0.766. The number of nitrogens with one attached hydrogen (secondary N) is 2. The molecule has 1 fully saturated rings. The second kappa shape index (κ2) is 8.66. The number of benzene rings is 2. The lowest BCUT2D eigenvalue weighted by molar-refractivity contribution is 0.417. The molecule has 0 unspecified atom stereocenters. The van der Waals surface area contributed by atoms with Crippen LogP contribution >= 0.6 is 11.6 Å². The van der Waals surface area contributed by atoms with Gasteiger partial charge in [0.2, 0.25) is 10.0 Å². The summed E-state index contributed by atoms with van der Waals surface area (Å²) < 4.78 is 59.9. The minimum atomic E-state index is -3.85. The Morgan fingerprint density at radius 3 is 2.79 bits per heavy atom. The van der Waals surface area contributed by atoms with E-state index in [4.69, 9.17) is 16.3 Å². The normalized spacial score (nSPS) is 14.1. The van der Waals surface area contributed by atoms with E-state index in [1.54, 1.807) is 18.3 Å². The van der Waals surface area contributed by atoms with E-state index in [1.165, 1.54) is 13.2 Å². The molecule has 0 bridgehead atoms. The summed E-state index contributed by atoms with van der Waals surface area (Å²) in [5, 5.41) is 9.78. The summed E-state index contributed by atoms with van der Waals surface area (Å²) in [4.78, 5) is 4.44. The molecule has 4 aromatic rings. The maximum absolute atomic E-state index is 15.1. The summed E-state index contributed by atoms with van der Waals surface area (Å²) in [5.74, 6) is -0.287. The van der Waals surface area contributed by atoms with Crippen molar-refractivity contribution in [2.45, 2.75) is 25.2 Å². The minimum absolute atomic E-state index is 0.00138. The van der Waals surface area contributed by atoms with Crippen LogP contribution in [0.15, 0.2) is 30.5 Å². The molecule has 34 heavy (non-hydrogen) atoms. The predicted molar refractivity (Wildman–Crippen MR) is 128 cm³/mol. The van der Waals surface area contributed by atoms with Gasteiger partial charge in [-0.25, -0.2) is 17.8 Å². The molecule has 7 nitrogen and oxygen atoms in total. The van der Waals surface area contributed by atoms with Crippen molar-refractivity contribution >= 4 is 49.1 Å². The van der Waals surface area contributed by atoms with Gasteiger partial charge in [0, 0.05) is 34.3 Å². The van der Waals surface area contributed by atoms with E-state index >= 15 is 4.39 Å². The van der Waals surface area contributed by atoms with Crippen LogP contribution in [0.5, 0.6) is 5.75 Å². The molecule has 1 aliphatic carbocycles. The van der Waals surface area contributed by atoms with Crippen LogP contribution in [-0.4, -0.2) is 43.1 Å². The number of nitrogens with zero attached hydrogens (tertiary/aromatic N) is 2. The smallest absolute Gasteiger partial charge is 0.232 e. The lowest BCUT2D eigenvalue weighted by atomic mass is 9.98. The summed E-state index contributed by atoms with van der Waals surface area (Å²) in [6.07, 6.45) is 3.65. The third-order valence-corrected chi connectivity index (χ3v) is 7.65. The first-order valence-electron chi connectivity index (χ1n) is 10.7. The molecule has 2 heterocycles. The Morgan fingerprint density at radius 2 is 2.09 bits per heavy atom. The number of alkyl halides is 1. The predicted octanol–water partition coefficient (Wildman–Crippen LogP) is 5.56. The molecule has 11 heteroatoms. The maximum atomic E-state index is 15.1. The number of aromatic amines is 1. The first-order valence-corrected chi connectivity index (χ1v) is 12.8. The van der Waals surface area contributed by atoms with Gasteiger partial charge < -0.3 is 4.74 Å². The number of fused-ring (bicyclic) bond motifs is 3. The van der Waals surface area contributed by atoms with Crippen molar-refractivity contribution in [2.75, 3.05) is 24.3 Å². The van der Waals surface area contributed by atoms with Crippen LogP contribution in [0.4, 0.5) is 14.5 Å². The lowest BCUT2D eigenvalue weighted by Crippen LogP contribution is -2.17. The van der Waals surface area contributed by atoms with Crippen LogP contribution in [0.2, 0.25) is 5.02 Å². The summed E-state index contributed by atoms with van der Waals surface area (Å²) in [6, 6.07) is 5.88.